The number of halogens is 1. The van der Waals surface area contributed by atoms with Gasteiger partial charge in [-0.2, -0.15) is 0 Å². The molecule has 0 aliphatic carbocycles. The van der Waals surface area contributed by atoms with Crippen LogP contribution >= 0.6 is 11.6 Å². The highest BCUT2D eigenvalue weighted by atomic mass is 35.5. The van der Waals surface area contributed by atoms with Crippen molar-refractivity contribution in [3.05, 3.63) is 46.4 Å². The third kappa shape index (κ3) is 5.69. The number of rotatable bonds is 4. The molecule has 0 spiro atoms. The van der Waals surface area contributed by atoms with Gasteiger partial charge >= 0.3 is 12.2 Å². The van der Waals surface area contributed by atoms with Crippen LogP contribution in [0.2, 0.25) is 5.15 Å². The van der Waals surface area contributed by atoms with E-state index in [2.05, 4.69) is 9.97 Å². The Balaban J connectivity index is 2.43. The second kappa shape index (κ2) is 8.60. The lowest BCUT2D eigenvalue weighted by Crippen LogP contribution is -2.53. The van der Waals surface area contributed by atoms with Gasteiger partial charge in [0.15, 0.2) is 0 Å². The van der Waals surface area contributed by atoms with E-state index in [4.69, 9.17) is 16.3 Å². The number of amides is 2. The zero-order valence-electron chi connectivity index (χ0n) is 18.4. The molecule has 2 aromatic rings. The molecule has 0 aliphatic rings. The second-order valence-corrected chi connectivity index (χ2v) is 9.23. The van der Waals surface area contributed by atoms with Gasteiger partial charge in [0.05, 0.1) is 11.2 Å². The molecular formula is C22H28ClN3O4. The Morgan fingerprint density at radius 1 is 1.10 bits per heavy atom. The highest BCUT2D eigenvalue weighted by Crippen LogP contribution is 2.29. The quantitative estimate of drug-likeness (QED) is 0.626. The molecule has 8 heteroatoms. The second-order valence-electron chi connectivity index (χ2n) is 8.85. The van der Waals surface area contributed by atoms with Gasteiger partial charge in [0.2, 0.25) is 0 Å². The number of carbonyl (C=O) groups excluding carboxylic acids is 1. The van der Waals surface area contributed by atoms with Crippen LogP contribution in [-0.4, -0.2) is 43.3 Å². The first kappa shape index (κ1) is 23.6. The van der Waals surface area contributed by atoms with Crippen molar-refractivity contribution in [1.82, 2.24) is 14.9 Å². The minimum Gasteiger partial charge on any atom is -0.465 e. The number of nitrogens with zero attached hydrogens (tertiary/aromatic N) is 3. The highest BCUT2D eigenvalue weighted by Gasteiger charge is 2.40. The predicted molar refractivity (Wildman–Crippen MR) is 116 cm³/mol. The van der Waals surface area contributed by atoms with Gasteiger partial charge in [-0.05, 0) is 59.6 Å². The number of ether oxygens (including phenoxy) is 1. The number of hydrogen-bond acceptors (Lipinski definition) is 5. The van der Waals surface area contributed by atoms with Crippen LogP contribution in [0.3, 0.4) is 0 Å². The van der Waals surface area contributed by atoms with Crippen molar-refractivity contribution < 1.29 is 19.4 Å². The van der Waals surface area contributed by atoms with E-state index in [-0.39, 0.29) is 11.6 Å². The Kier molecular flexibility index (Phi) is 6.76. The first-order valence-electron chi connectivity index (χ1n) is 9.57. The molecule has 0 radical (unpaired) electrons. The van der Waals surface area contributed by atoms with Crippen molar-refractivity contribution >= 4 is 23.8 Å². The Morgan fingerprint density at radius 2 is 1.67 bits per heavy atom. The van der Waals surface area contributed by atoms with E-state index in [1.807, 2.05) is 32.0 Å². The van der Waals surface area contributed by atoms with Gasteiger partial charge in [0, 0.05) is 18.1 Å². The minimum atomic E-state index is -1.41. The molecule has 1 aromatic carbocycles. The van der Waals surface area contributed by atoms with Crippen molar-refractivity contribution in [1.29, 1.82) is 0 Å². The van der Waals surface area contributed by atoms with Gasteiger partial charge in [0.25, 0.3) is 0 Å². The zero-order valence-corrected chi connectivity index (χ0v) is 19.2. The largest absolute Gasteiger partial charge is 0.465 e. The fourth-order valence-corrected chi connectivity index (χ4v) is 3.45. The molecule has 0 aliphatic heterocycles. The topological polar surface area (TPSA) is 92.6 Å². The summed E-state index contributed by atoms with van der Waals surface area (Å²) in [6.07, 6.45) is -2.29. The zero-order chi connectivity index (χ0) is 22.9. The van der Waals surface area contributed by atoms with E-state index < -0.39 is 23.3 Å². The van der Waals surface area contributed by atoms with Crippen LogP contribution in [0.4, 0.5) is 9.59 Å². The van der Waals surface area contributed by atoms with Crippen LogP contribution in [0.15, 0.2) is 24.3 Å². The summed E-state index contributed by atoms with van der Waals surface area (Å²) < 4.78 is 5.27. The normalized spacial score (nSPS) is 11.9. The van der Waals surface area contributed by atoms with Crippen LogP contribution in [-0.2, 0) is 11.2 Å². The van der Waals surface area contributed by atoms with E-state index in [1.165, 1.54) is 0 Å². The maximum absolute atomic E-state index is 12.5. The van der Waals surface area contributed by atoms with E-state index >= 15 is 0 Å². The summed E-state index contributed by atoms with van der Waals surface area (Å²) in [5, 5.41) is 9.92. The predicted octanol–water partition coefficient (Wildman–Crippen LogP) is 5.65. The SMILES string of the molecule is Cc1cccc(C)c1-c1cc(Cl)nc(CC(C)(C)N(C(=O)O)C(=O)OC(C)(C)C)n1. The molecule has 0 saturated heterocycles. The van der Waals surface area contributed by atoms with E-state index in [0.717, 1.165) is 16.7 Å². The molecule has 0 bridgehead atoms. The fourth-order valence-electron chi connectivity index (χ4n) is 3.25. The summed E-state index contributed by atoms with van der Waals surface area (Å²) in [5.74, 6) is 0.333. The molecule has 162 valence electrons. The third-order valence-electron chi connectivity index (χ3n) is 4.44. The van der Waals surface area contributed by atoms with Crippen molar-refractivity contribution in [3.8, 4) is 11.3 Å². The lowest BCUT2D eigenvalue weighted by atomic mass is 9.97. The van der Waals surface area contributed by atoms with Crippen LogP contribution in [0.25, 0.3) is 11.3 Å². The number of carbonyl (C=O) groups is 2. The van der Waals surface area contributed by atoms with Gasteiger partial charge in [-0.25, -0.2) is 24.5 Å². The van der Waals surface area contributed by atoms with Crippen molar-refractivity contribution in [2.24, 2.45) is 0 Å². The molecule has 1 aromatic heterocycles. The first-order chi connectivity index (χ1) is 13.7. The van der Waals surface area contributed by atoms with Crippen LogP contribution in [0, 0.1) is 13.8 Å². The van der Waals surface area contributed by atoms with Gasteiger partial charge in [-0.1, -0.05) is 29.8 Å². The molecule has 1 heterocycles. The summed E-state index contributed by atoms with van der Waals surface area (Å²) in [7, 11) is 0. The summed E-state index contributed by atoms with van der Waals surface area (Å²) in [5.41, 5.74) is 1.67. The molecule has 2 amide bonds. The Bertz CT molecular complexity index is 947. The minimum absolute atomic E-state index is 0.0665. The number of hydrogen-bond donors (Lipinski definition) is 1. The van der Waals surface area contributed by atoms with Crippen molar-refractivity contribution in [2.75, 3.05) is 0 Å². The summed E-state index contributed by atoms with van der Waals surface area (Å²) in [6, 6.07) is 7.61. The number of carboxylic acid groups (broad SMARTS) is 1. The van der Waals surface area contributed by atoms with E-state index in [1.54, 1.807) is 40.7 Å². The molecule has 2 rings (SSSR count). The highest BCUT2D eigenvalue weighted by molar-refractivity contribution is 6.29. The van der Waals surface area contributed by atoms with E-state index in [0.29, 0.717) is 16.4 Å². The van der Waals surface area contributed by atoms with Crippen molar-refractivity contribution in [2.45, 2.75) is 66.0 Å². The average molecular weight is 434 g/mol. The lowest BCUT2D eigenvalue weighted by molar-refractivity contribution is 0.00772. The average Bonchev–Trinajstić information content (AvgIpc) is 2.50. The molecule has 0 atom stereocenters. The Labute approximate surface area is 182 Å². The molecule has 7 nitrogen and oxygen atoms in total. The smallest absolute Gasteiger partial charge is 0.420 e. The maximum Gasteiger partial charge on any atom is 0.420 e. The number of aryl methyl sites for hydroxylation is 2. The Hall–Kier alpha value is -2.67. The monoisotopic (exact) mass is 433 g/mol. The van der Waals surface area contributed by atoms with Gasteiger partial charge < -0.3 is 9.84 Å². The molecule has 0 fully saturated rings. The lowest BCUT2D eigenvalue weighted by Gasteiger charge is -2.35. The maximum atomic E-state index is 12.5. The molecular weight excluding hydrogens is 406 g/mol. The standard InChI is InChI=1S/C22H28ClN3O4/c1-13-9-8-10-14(2)18(13)15-11-16(23)25-17(24-15)12-22(6,7)26(19(27)28)20(29)30-21(3,4)5/h8-11H,12H2,1-7H3,(H,27,28). The molecule has 1 N–H and O–H groups in total. The molecule has 30 heavy (non-hydrogen) atoms. The van der Waals surface area contributed by atoms with Gasteiger partial charge in [0.1, 0.15) is 16.6 Å². The molecule has 0 unspecified atom stereocenters. The van der Waals surface area contributed by atoms with Gasteiger partial charge in [-0.3, -0.25) is 0 Å². The number of benzene rings is 1. The number of aromatic nitrogens is 2. The molecule has 0 saturated carbocycles. The van der Waals surface area contributed by atoms with E-state index in [9.17, 15) is 14.7 Å². The van der Waals surface area contributed by atoms with Gasteiger partial charge in [-0.15, -0.1) is 0 Å². The van der Waals surface area contributed by atoms with Crippen LogP contribution in [0.1, 0.15) is 51.6 Å². The third-order valence-corrected chi connectivity index (χ3v) is 4.64. The summed E-state index contributed by atoms with van der Waals surface area (Å²) >= 11 is 6.25. The van der Waals surface area contributed by atoms with Crippen LogP contribution < -0.4 is 0 Å². The first-order valence-corrected chi connectivity index (χ1v) is 9.95. The number of imide groups is 1. The summed E-state index contributed by atoms with van der Waals surface area (Å²) in [4.78, 5) is 34.0. The fraction of sp³-hybridized carbons (Fsp3) is 0.455. The summed E-state index contributed by atoms with van der Waals surface area (Å²) in [6.45, 7) is 12.2. The van der Waals surface area contributed by atoms with Crippen LogP contribution in [0.5, 0.6) is 0 Å². The Morgan fingerprint density at radius 3 is 2.17 bits per heavy atom. The van der Waals surface area contributed by atoms with Crippen molar-refractivity contribution in [3.63, 3.8) is 0 Å².